The van der Waals surface area contributed by atoms with Gasteiger partial charge < -0.3 is 14.5 Å². The molecule has 0 aliphatic rings. The number of fused-ring (bicyclic) bond motifs is 1. The molecule has 2 rings (SSSR count). The van der Waals surface area contributed by atoms with Gasteiger partial charge in [0.1, 0.15) is 17.1 Å². The maximum absolute atomic E-state index is 12.0. The highest BCUT2D eigenvalue weighted by molar-refractivity contribution is 5.82. The van der Waals surface area contributed by atoms with Crippen LogP contribution < -0.4 is 15.7 Å². The summed E-state index contributed by atoms with van der Waals surface area (Å²) in [5.41, 5.74) is 0.534. The van der Waals surface area contributed by atoms with E-state index in [1.165, 1.54) is 6.92 Å². The maximum Gasteiger partial charge on any atom is 0.339 e. The van der Waals surface area contributed by atoms with Gasteiger partial charge >= 0.3 is 5.63 Å². The summed E-state index contributed by atoms with van der Waals surface area (Å²) >= 11 is 0. The first-order valence-electron chi connectivity index (χ1n) is 6.33. The Hall–Kier alpha value is -2.14. The van der Waals surface area contributed by atoms with E-state index in [-0.39, 0.29) is 11.8 Å². The van der Waals surface area contributed by atoms with Gasteiger partial charge in [-0.25, -0.2) is 4.79 Å². The lowest BCUT2D eigenvalue weighted by Gasteiger charge is -2.12. The Morgan fingerprint density at radius 3 is 2.75 bits per heavy atom. The lowest BCUT2D eigenvalue weighted by Crippen LogP contribution is -2.35. The number of ether oxygens (including phenoxy) is 1. The molecular formula is C15H17NO4. The van der Waals surface area contributed by atoms with Gasteiger partial charge in [-0.1, -0.05) is 0 Å². The molecule has 0 bridgehead atoms. The van der Waals surface area contributed by atoms with Gasteiger partial charge in [-0.05, 0) is 32.2 Å². The predicted molar refractivity (Wildman–Crippen MR) is 76.3 cm³/mol. The van der Waals surface area contributed by atoms with Gasteiger partial charge in [0.2, 0.25) is 0 Å². The van der Waals surface area contributed by atoms with Gasteiger partial charge in [0.15, 0.2) is 0 Å². The Balaban J connectivity index is 2.43. The van der Waals surface area contributed by atoms with E-state index in [0.29, 0.717) is 23.3 Å². The zero-order valence-electron chi connectivity index (χ0n) is 11.7. The predicted octanol–water partition coefficient (Wildman–Crippen LogP) is 1.52. The lowest BCUT2D eigenvalue weighted by atomic mass is 10.0. The first-order chi connectivity index (χ1) is 9.55. The molecule has 0 amide bonds. The van der Waals surface area contributed by atoms with Crippen LogP contribution in [0.5, 0.6) is 5.75 Å². The van der Waals surface area contributed by atoms with E-state index in [1.54, 1.807) is 32.4 Å². The van der Waals surface area contributed by atoms with Gasteiger partial charge in [-0.15, -0.1) is 0 Å². The van der Waals surface area contributed by atoms with Crippen molar-refractivity contribution in [1.82, 2.24) is 5.32 Å². The zero-order valence-corrected chi connectivity index (χ0v) is 11.7. The summed E-state index contributed by atoms with van der Waals surface area (Å²) in [5, 5.41) is 3.70. The highest BCUT2D eigenvalue weighted by Gasteiger charge is 2.16. The minimum Gasteiger partial charge on any atom is -0.497 e. The van der Waals surface area contributed by atoms with Crippen LogP contribution in [0.25, 0.3) is 11.0 Å². The second-order valence-electron chi connectivity index (χ2n) is 4.62. The van der Waals surface area contributed by atoms with Crippen molar-refractivity contribution in [1.29, 1.82) is 0 Å². The molecular weight excluding hydrogens is 258 g/mol. The van der Waals surface area contributed by atoms with Gasteiger partial charge in [-0.2, -0.15) is 0 Å². The average molecular weight is 275 g/mol. The number of carbonyl (C=O) groups is 1. The van der Waals surface area contributed by atoms with E-state index in [9.17, 15) is 9.59 Å². The van der Waals surface area contributed by atoms with Crippen LogP contribution in [0.1, 0.15) is 12.5 Å². The minimum atomic E-state index is -0.424. The van der Waals surface area contributed by atoms with Crippen LogP contribution in [0.15, 0.2) is 33.5 Å². The molecule has 106 valence electrons. The standard InChI is InChI=1S/C15H17NO4/c1-9(17)13(16-2)7-11-6-10-4-5-12(19-3)8-14(10)20-15(11)18/h4-6,8,13,16H,7H2,1-3H3. The van der Waals surface area contributed by atoms with Crippen molar-refractivity contribution in [2.45, 2.75) is 19.4 Å². The van der Waals surface area contributed by atoms with Crippen LogP contribution in [-0.2, 0) is 11.2 Å². The van der Waals surface area contributed by atoms with Gasteiger partial charge in [0.05, 0.1) is 13.2 Å². The minimum absolute atomic E-state index is 0.0123. The third-order valence-electron chi connectivity index (χ3n) is 3.28. The second kappa shape index (κ2) is 5.88. The molecule has 1 aromatic heterocycles. The van der Waals surface area contributed by atoms with Crippen LogP contribution >= 0.6 is 0 Å². The van der Waals surface area contributed by atoms with Crippen molar-refractivity contribution < 1.29 is 13.9 Å². The van der Waals surface area contributed by atoms with E-state index in [1.807, 2.05) is 6.07 Å². The van der Waals surface area contributed by atoms with E-state index in [0.717, 1.165) is 5.39 Å². The summed E-state index contributed by atoms with van der Waals surface area (Å²) in [5.74, 6) is 0.618. The van der Waals surface area contributed by atoms with E-state index in [4.69, 9.17) is 9.15 Å². The van der Waals surface area contributed by atoms with Crippen LogP contribution in [0.2, 0.25) is 0 Å². The zero-order chi connectivity index (χ0) is 14.7. The molecule has 2 aromatic rings. The molecule has 0 saturated carbocycles. The number of likely N-dealkylation sites (N-methyl/N-ethyl adjacent to an activating group) is 1. The van der Waals surface area contributed by atoms with Crippen LogP contribution in [0, 0.1) is 0 Å². The van der Waals surface area contributed by atoms with Gasteiger partial charge in [0, 0.05) is 23.4 Å². The molecule has 0 aliphatic carbocycles. The molecule has 1 N–H and O–H groups in total. The molecule has 1 aromatic carbocycles. The van der Waals surface area contributed by atoms with E-state index < -0.39 is 5.63 Å². The molecule has 0 aliphatic heterocycles. The van der Waals surface area contributed by atoms with Crippen LogP contribution in [0.4, 0.5) is 0 Å². The number of benzene rings is 1. The first-order valence-corrected chi connectivity index (χ1v) is 6.33. The Morgan fingerprint density at radius 1 is 1.40 bits per heavy atom. The van der Waals surface area contributed by atoms with Crippen molar-refractivity contribution in [2.24, 2.45) is 0 Å². The third-order valence-corrected chi connectivity index (χ3v) is 3.28. The summed E-state index contributed by atoms with van der Waals surface area (Å²) in [7, 11) is 3.25. The smallest absolute Gasteiger partial charge is 0.339 e. The molecule has 0 fully saturated rings. The molecule has 1 unspecified atom stereocenters. The summed E-state index contributed by atoms with van der Waals surface area (Å²) in [6, 6.07) is 6.67. The van der Waals surface area contributed by atoms with Crippen LogP contribution in [-0.4, -0.2) is 26.0 Å². The number of carbonyl (C=O) groups excluding carboxylic acids is 1. The number of hydrogen-bond acceptors (Lipinski definition) is 5. The van der Waals surface area contributed by atoms with Crippen molar-refractivity contribution >= 4 is 16.8 Å². The molecule has 1 atom stereocenters. The average Bonchev–Trinajstić information content (AvgIpc) is 2.43. The van der Waals surface area contributed by atoms with Crippen molar-refractivity contribution in [3.63, 3.8) is 0 Å². The number of hydrogen-bond donors (Lipinski definition) is 1. The summed E-state index contributed by atoms with van der Waals surface area (Å²) in [4.78, 5) is 23.4. The molecule has 0 radical (unpaired) electrons. The second-order valence-corrected chi connectivity index (χ2v) is 4.62. The fourth-order valence-electron chi connectivity index (χ4n) is 2.07. The number of Topliss-reactive ketones (excluding diaryl/α,β-unsaturated/α-hetero) is 1. The molecule has 0 saturated heterocycles. The normalized spacial score (nSPS) is 12.3. The van der Waals surface area contributed by atoms with Crippen LogP contribution in [0.3, 0.4) is 0 Å². The highest BCUT2D eigenvalue weighted by Crippen LogP contribution is 2.20. The summed E-state index contributed by atoms with van der Waals surface area (Å²) in [6.45, 7) is 1.49. The van der Waals surface area contributed by atoms with Crippen molar-refractivity contribution in [2.75, 3.05) is 14.2 Å². The number of nitrogens with one attached hydrogen (secondary N) is 1. The Bertz CT molecular complexity index is 690. The van der Waals surface area contributed by atoms with Gasteiger partial charge in [0.25, 0.3) is 0 Å². The fraction of sp³-hybridized carbons (Fsp3) is 0.333. The van der Waals surface area contributed by atoms with Crippen molar-refractivity contribution in [3.8, 4) is 5.75 Å². The first kappa shape index (κ1) is 14.3. The Kier molecular flexibility index (Phi) is 4.20. The number of ketones is 1. The van der Waals surface area contributed by atoms with E-state index in [2.05, 4.69) is 5.32 Å². The molecule has 0 spiro atoms. The summed E-state index contributed by atoms with van der Waals surface area (Å²) < 4.78 is 10.4. The largest absolute Gasteiger partial charge is 0.497 e. The topological polar surface area (TPSA) is 68.5 Å². The quantitative estimate of drug-likeness (QED) is 0.838. The number of methoxy groups -OCH3 is 1. The summed E-state index contributed by atoms with van der Waals surface area (Å²) in [6.07, 6.45) is 0.316. The molecule has 5 nitrogen and oxygen atoms in total. The SMILES string of the molecule is CNC(Cc1cc2ccc(OC)cc2oc1=O)C(C)=O. The molecule has 20 heavy (non-hydrogen) atoms. The maximum atomic E-state index is 12.0. The Labute approximate surface area is 116 Å². The van der Waals surface area contributed by atoms with Gasteiger partial charge in [-0.3, -0.25) is 4.79 Å². The van der Waals surface area contributed by atoms with E-state index >= 15 is 0 Å². The highest BCUT2D eigenvalue weighted by atomic mass is 16.5. The lowest BCUT2D eigenvalue weighted by molar-refractivity contribution is -0.118. The third kappa shape index (κ3) is 2.88. The monoisotopic (exact) mass is 275 g/mol. The van der Waals surface area contributed by atoms with Crippen molar-refractivity contribution in [3.05, 3.63) is 40.2 Å². The number of rotatable bonds is 5. The fourth-order valence-corrected chi connectivity index (χ4v) is 2.07. The molecule has 5 heteroatoms. The Morgan fingerprint density at radius 2 is 2.15 bits per heavy atom. The molecule has 1 heterocycles.